The Morgan fingerprint density at radius 2 is 2.27 bits per heavy atom. The van der Waals surface area contributed by atoms with Gasteiger partial charge in [0.1, 0.15) is 6.33 Å². The first-order valence-electron chi connectivity index (χ1n) is 4.16. The van der Waals surface area contributed by atoms with Crippen LogP contribution in [0.5, 0.6) is 0 Å². The first-order valence-corrected chi connectivity index (χ1v) is 4.16. The molecule has 3 N–H and O–H groups in total. The highest BCUT2D eigenvalue weighted by Crippen LogP contribution is 2.52. The summed E-state index contributed by atoms with van der Waals surface area (Å²) < 4.78 is 30.2. The fraction of sp³-hybridized carbons (Fsp3) is 0.571. The number of nitrogens with one attached hydrogen (secondary N) is 1. The Hall–Kier alpha value is -1.73. The van der Waals surface area contributed by atoms with Crippen molar-refractivity contribution in [2.45, 2.75) is 24.4 Å². The number of nitrogens with two attached hydrogens (primary N) is 1. The molecule has 0 saturated heterocycles. The SMILES string of the molecule is NC(=O)OC1(c2nnc[nH]2)CC(F)(F)C1. The molecule has 1 aromatic heterocycles. The number of carbonyl (C=O) groups is 1. The Balaban J connectivity index is 2.23. The minimum Gasteiger partial charge on any atom is -0.434 e. The number of H-pyrrole nitrogens is 1. The number of primary amides is 1. The molecule has 0 aliphatic heterocycles. The molecule has 15 heavy (non-hydrogen) atoms. The van der Waals surface area contributed by atoms with Crippen LogP contribution in [0.2, 0.25) is 0 Å². The first kappa shape index (κ1) is 9.81. The molecule has 8 heteroatoms. The van der Waals surface area contributed by atoms with E-state index in [1.165, 1.54) is 6.33 Å². The maximum atomic E-state index is 12.8. The van der Waals surface area contributed by atoms with Crippen molar-refractivity contribution in [1.82, 2.24) is 15.2 Å². The molecule has 1 amide bonds. The van der Waals surface area contributed by atoms with Crippen molar-refractivity contribution < 1.29 is 18.3 Å². The first-order chi connectivity index (χ1) is 6.94. The van der Waals surface area contributed by atoms with Gasteiger partial charge in [-0.15, -0.1) is 10.2 Å². The van der Waals surface area contributed by atoms with E-state index in [0.717, 1.165) is 0 Å². The normalized spacial score (nSPS) is 21.7. The van der Waals surface area contributed by atoms with Crippen molar-refractivity contribution in [1.29, 1.82) is 0 Å². The van der Waals surface area contributed by atoms with E-state index < -0.39 is 30.5 Å². The van der Waals surface area contributed by atoms with Crippen LogP contribution in [0.4, 0.5) is 13.6 Å². The third-order valence-electron chi connectivity index (χ3n) is 2.23. The number of ether oxygens (including phenoxy) is 1. The van der Waals surface area contributed by atoms with Crippen LogP contribution < -0.4 is 5.73 Å². The third-order valence-corrected chi connectivity index (χ3v) is 2.23. The van der Waals surface area contributed by atoms with E-state index in [4.69, 9.17) is 5.73 Å². The van der Waals surface area contributed by atoms with Gasteiger partial charge in [0.15, 0.2) is 11.4 Å². The van der Waals surface area contributed by atoms with Gasteiger partial charge in [0.25, 0.3) is 5.92 Å². The molecule has 82 valence electrons. The third kappa shape index (κ3) is 1.62. The summed E-state index contributed by atoms with van der Waals surface area (Å²) in [5.74, 6) is -2.77. The quantitative estimate of drug-likeness (QED) is 0.756. The Morgan fingerprint density at radius 1 is 1.60 bits per heavy atom. The highest BCUT2D eigenvalue weighted by Gasteiger charge is 2.62. The zero-order chi connectivity index (χ0) is 11.1. The summed E-state index contributed by atoms with van der Waals surface area (Å²) in [5, 5.41) is 7.00. The topological polar surface area (TPSA) is 93.9 Å². The number of rotatable bonds is 2. The van der Waals surface area contributed by atoms with Crippen molar-refractivity contribution in [3.8, 4) is 0 Å². The summed E-state index contributed by atoms with van der Waals surface area (Å²) in [7, 11) is 0. The minimum atomic E-state index is -2.86. The molecule has 0 atom stereocenters. The van der Waals surface area contributed by atoms with Crippen LogP contribution in [0.3, 0.4) is 0 Å². The molecule has 2 rings (SSSR count). The second-order valence-corrected chi connectivity index (χ2v) is 3.46. The van der Waals surface area contributed by atoms with E-state index in [-0.39, 0.29) is 5.82 Å². The molecular weight excluding hydrogens is 210 g/mol. The summed E-state index contributed by atoms with van der Waals surface area (Å²) in [6.45, 7) is 0. The number of aromatic nitrogens is 3. The van der Waals surface area contributed by atoms with E-state index in [1.54, 1.807) is 0 Å². The summed E-state index contributed by atoms with van der Waals surface area (Å²) in [5.41, 5.74) is 3.36. The average Bonchev–Trinajstić information content (AvgIpc) is 2.49. The molecule has 0 unspecified atom stereocenters. The maximum absolute atomic E-state index is 12.8. The second-order valence-electron chi connectivity index (χ2n) is 3.46. The number of hydrogen-bond acceptors (Lipinski definition) is 4. The van der Waals surface area contributed by atoms with Gasteiger partial charge in [-0.1, -0.05) is 0 Å². The predicted molar refractivity (Wildman–Crippen MR) is 42.9 cm³/mol. The Kier molecular flexibility index (Phi) is 1.88. The fourth-order valence-corrected chi connectivity index (χ4v) is 1.69. The number of halogens is 2. The smallest absolute Gasteiger partial charge is 0.405 e. The van der Waals surface area contributed by atoms with Gasteiger partial charge >= 0.3 is 6.09 Å². The van der Waals surface area contributed by atoms with E-state index in [2.05, 4.69) is 19.9 Å². The van der Waals surface area contributed by atoms with E-state index in [0.29, 0.717) is 0 Å². The van der Waals surface area contributed by atoms with Gasteiger partial charge in [0.2, 0.25) is 0 Å². The van der Waals surface area contributed by atoms with Crippen molar-refractivity contribution in [3.63, 3.8) is 0 Å². The molecule has 1 aliphatic rings. The average molecular weight is 218 g/mol. The summed E-state index contributed by atoms with van der Waals surface area (Å²) in [6.07, 6.45) is -1.14. The van der Waals surface area contributed by atoms with E-state index in [1.807, 2.05) is 0 Å². The number of carbonyl (C=O) groups excluding carboxylic acids is 1. The van der Waals surface area contributed by atoms with Crippen molar-refractivity contribution in [3.05, 3.63) is 12.2 Å². The van der Waals surface area contributed by atoms with Gasteiger partial charge in [-0.2, -0.15) is 0 Å². The van der Waals surface area contributed by atoms with Crippen LogP contribution >= 0.6 is 0 Å². The number of alkyl halides is 2. The Bertz CT molecular complexity index is 370. The zero-order valence-electron chi connectivity index (χ0n) is 7.54. The standard InChI is InChI=1S/C7H8F2N4O2/c8-7(9)1-6(2-7,15-5(10)14)4-11-3-12-13-4/h3H,1-2H2,(H2,10,14)(H,11,12,13). The van der Waals surface area contributed by atoms with Crippen molar-refractivity contribution >= 4 is 6.09 Å². The number of hydrogen-bond donors (Lipinski definition) is 2. The van der Waals surface area contributed by atoms with Crippen LogP contribution in [-0.4, -0.2) is 27.2 Å². The molecule has 1 aliphatic carbocycles. The maximum Gasteiger partial charge on any atom is 0.405 e. The molecule has 0 aromatic carbocycles. The fourth-order valence-electron chi connectivity index (χ4n) is 1.69. The van der Waals surface area contributed by atoms with Gasteiger partial charge in [0, 0.05) is 0 Å². The lowest BCUT2D eigenvalue weighted by Gasteiger charge is -2.43. The van der Waals surface area contributed by atoms with Crippen molar-refractivity contribution in [2.75, 3.05) is 0 Å². The van der Waals surface area contributed by atoms with Gasteiger partial charge in [-0.05, 0) is 0 Å². The van der Waals surface area contributed by atoms with Crippen LogP contribution in [0, 0.1) is 0 Å². The predicted octanol–water partition coefficient (Wildman–Crippen LogP) is 0.524. The molecule has 0 radical (unpaired) electrons. The van der Waals surface area contributed by atoms with E-state index >= 15 is 0 Å². The van der Waals surface area contributed by atoms with E-state index in [9.17, 15) is 13.6 Å². The molecule has 1 saturated carbocycles. The minimum absolute atomic E-state index is 0.0900. The molecule has 1 heterocycles. The zero-order valence-corrected chi connectivity index (χ0v) is 7.54. The lowest BCUT2D eigenvalue weighted by molar-refractivity contribution is -0.212. The van der Waals surface area contributed by atoms with Crippen LogP contribution in [-0.2, 0) is 10.3 Å². The van der Waals surface area contributed by atoms with Gasteiger partial charge in [-0.3, -0.25) is 0 Å². The van der Waals surface area contributed by atoms with Gasteiger partial charge in [-0.25, -0.2) is 13.6 Å². The molecule has 1 aromatic rings. The molecule has 0 spiro atoms. The molecule has 1 fully saturated rings. The number of nitrogens with zero attached hydrogens (tertiary/aromatic N) is 2. The van der Waals surface area contributed by atoms with Crippen LogP contribution in [0.15, 0.2) is 6.33 Å². The van der Waals surface area contributed by atoms with Crippen LogP contribution in [0.1, 0.15) is 18.7 Å². The van der Waals surface area contributed by atoms with Crippen LogP contribution in [0.25, 0.3) is 0 Å². The Labute approximate surface area is 82.8 Å². The van der Waals surface area contributed by atoms with Crippen molar-refractivity contribution in [2.24, 2.45) is 5.73 Å². The lowest BCUT2D eigenvalue weighted by atomic mass is 9.75. The number of amides is 1. The van der Waals surface area contributed by atoms with Gasteiger partial charge < -0.3 is 15.5 Å². The highest BCUT2D eigenvalue weighted by molar-refractivity contribution is 5.65. The Morgan fingerprint density at radius 3 is 2.67 bits per heavy atom. The summed E-state index contributed by atoms with van der Waals surface area (Å²) in [6, 6.07) is 0. The monoisotopic (exact) mass is 218 g/mol. The molecule has 0 bridgehead atoms. The lowest BCUT2D eigenvalue weighted by Crippen LogP contribution is -2.53. The molecule has 6 nitrogen and oxygen atoms in total. The number of aromatic amines is 1. The molecular formula is C7H8F2N4O2. The highest BCUT2D eigenvalue weighted by atomic mass is 19.3. The summed E-state index contributed by atoms with van der Waals surface area (Å²) >= 11 is 0. The second kappa shape index (κ2) is 2.88. The largest absolute Gasteiger partial charge is 0.434 e. The van der Waals surface area contributed by atoms with Gasteiger partial charge in [0.05, 0.1) is 12.8 Å². The summed E-state index contributed by atoms with van der Waals surface area (Å²) in [4.78, 5) is 13.1.